The summed E-state index contributed by atoms with van der Waals surface area (Å²) in [5, 5.41) is 6.18. The van der Waals surface area contributed by atoms with E-state index in [0.29, 0.717) is 25.4 Å². The lowest BCUT2D eigenvalue weighted by atomic mass is 9.69. The first kappa shape index (κ1) is 22.7. The van der Waals surface area contributed by atoms with Crippen LogP contribution < -0.4 is 14.8 Å². The topological polar surface area (TPSA) is 89.7 Å². The quantitative estimate of drug-likeness (QED) is 0.700. The van der Waals surface area contributed by atoms with Crippen LogP contribution in [0.3, 0.4) is 0 Å². The van der Waals surface area contributed by atoms with Crippen molar-refractivity contribution < 1.29 is 17.9 Å². The summed E-state index contributed by atoms with van der Waals surface area (Å²) < 4.78 is 30.5. The molecule has 1 spiro atoms. The lowest BCUT2D eigenvalue weighted by Gasteiger charge is -2.44. The molecule has 0 radical (unpaired) electrons. The van der Waals surface area contributed by atoms with Crippen molar-refractivity contribution in [3.05, 3.63) is 52.5 Å². The molecule has 2 aromatic rings. The standard InChI is InChI=1S/C25H29ClN2O4S/c1-16(29)21-7-4-18(21)13-28-14-25(10-2-3-17-11-19(26)5-8-22(17)25)15-32-24-9-6-20(12-23(24)28)33(27,30)31/h5-6,8-9,11-12,18,21H,2-4,7,10,13-15H2,1H3,(H2,27,30,31)/t18-,21-,25-/m0/s1. The molecule has 0 bridgehead atoms. The largest absolute Gasteiger partial charge is 0.490 e. The van der Waals surface area contributed by atoms with Gasteiger partial charge in [-0.15, -0.1) is 0 Å². The van der Waals surface area contributed by atoms with Crippen LogP contribution in [-0.2, 0) is 26.7 Å². The number of rotatable bonds is 4. The van der Waals surface area contributed by atoms with E-state index in [-0.39, 0.29) is 27.9 Å². The number of ether oxygens (including phenoxy) is 1. The molecule has 1 heterocycles. The average molecular weight is 489 g/mol. The maximum atomic E-state index is 12.1. The van der Waals surface area contributed by atoms with Crippen LogP contribution in [0.15, 0.2) is 41.3 Å². The number of carbonyl (C=O) groups is 1. The van der Waals surface area contributed by atoms with Gasteiger partial charge in [0.25, 0.3) is 0 Å². The number of benzene rings is 2. The van der Waals surface area contributed by atoms with E-state index >= 15 is 0 Å². The first-order valence-corrected chi connectivity index (χ1v) is 13.4. The minimum Gasteiger partial charge on any atom is -0.490 e. The minimum atomic E-state index is -3.85. The predicted octanol–water partition coefficient (Wildman–Crippen LogP) is 4.08. The van der Waals surface area contributed by atoms with Crippen molar-refractivity contribution in [2.24, 2.45) is 17.0 Å². The minimum absolute atomic E-state index is 0.0624. The molecule has 0 aromatic heterocycles. The molecule has 33 heavy (non-hydrogen) atoms. The van der Waals surface area contributed by atoms with Gasteiger partial charge >= 0.3 is 0 Å². The Labute approximate surface area is 200 Å². The first-order chi connectivity index (χ1) is 15.7. The fourth-order valence-corrected chi connectivity index (χ4v) is 6.60. The van der Waals surface area contributed by atoms with Crippen LogP contribution in [0, 0.1) is 11.8 Å². The number of fused-ring (bicyclic) bond motifs is 3. The van der Waals surface area contributed by atoms with Crippen molar-refractivity contribution in [2.45, 2.75) is 49.3 Å². The summed E-state index contributed by atoms with van der Waals surface area (Å²) in [5.74, 6) is 1.19. The fraction of sp³-hybridized carbons (Fsp3) is 0.480. The Morgan fingerprint density at radius 1 is 1.24 bits per heavy atom. The lowest BCUT2D eigenvalue weighted by molar-refractivity contribution is -0.125. The summed E-state index contributed by atoms with van der Waals surface area (Å²) in [4.78, 5) is 14.4. The van der Waals surface area contributed by atoms with E-state index in [9.17, 15) is 13.2 Å². The number of nitrogens with two attached hydrogens (primary N) is 1. The summed E-state index contributed by atoms with van der Waals surface area (Å²) in [7, 11) is -3.85. The van der Waals surface area contributed by atoms with Crippen molar-refractivity contribution in [2.75, 3.05) is 24.6 Å². The number of aryl methyl sites for hydroxylation is 1. The Kier molecular flexibility index (Phi) is 5.70. The lowest BCUT2D eigenvalue weighted by Crippen LogP contribution is -2.49. The van der Waals surface area contributed by atoms with E-state index in [0.717, 1.165) is 42.8 Å². The van der Waals surface area contributed by atoms with Crippen LogP contribution in [-0.4, -0.2) is 33.9 Å². The van der Waals surface area contributed by atoms with E-state index < -0.39 is 10.0 Å². The van der Waals surface area contributed by atoms with Gasteiger partial charge in [0.1, 0.15) is 11.5 Å². The van der Waals surface area contributed by atoms with Crippen LogP contribution in [0.5, 0.6) is 5.75 Å². The third kappa shape index (κ3) is 4.15. The Morgan fingerprint density at radius 2 is 2.06 bits per heavy atom. The van der Waals surface area contributed by atoms with Crippen LogP contribution >= 0.6 is 11.6 Å². The summed E-state index contributed by atoms with van der Waals surface area (Å²) in [6.45, 7) is 3.53. The second-order valence-electron chi connectivity index (χ2n) is 9.83. The van der Waals surface area contributed by atoms with Crippen molar-refractivity contribution >= 4 is 33.1 Å². The molecule has 2 aliphatic carbocycles. The van der Waals surface area contributed by atoms with Crippen molar-refractivity contribution in [3.63, 3.8) is 0 Å². The molecule has 3 aliphatic rings. The summed E-state index contributed by atoms with van der Waals surface area (Å²) in [6, 6.07) is 10.9. The molecule has 5 rings (SSSR count). The zero-order valence-electron chi connectivity index (χ0n) is 18.7. The normalized spacial score (nSPS) is 26.6. The molecule has 0 saturated heterocycles. The molecule has 1 saturated carbocycles. The van der Waals surface area contributed by atoms with E-state index in [1.165, 1.54) is 17.2 Å². The number of hydrogen-bond acceptors (Lipinski definition) is 5. The molecule has 2 N–H and O–H groups in total. The predicted molar refractivity (Wildman–Crippen MR) is 128 cm³/mol. The molecule has 2 aromatic carbocycles. The highest BCUT2D eigenvalue weighted by Gasteiger charge is 2.44. The number of primary sulfonamides is 1. The third-order valence-electron chi connectivity index (χ3n) is 7.73. The second-order valence-corrected chi connectivity index (χ2v) is 11.8. The van der Waals surface area contributed by atoms with Crippen molar-refractivity contribution in [1.29, 1.82) is 0 Å². The van der Waals surface area contributed by atoms with Crippen molar-refractivity contribution in [1.82, 2.24) is 0 Å². The zero-order chi connectivity index (χ0) is 23.4. The Balaban J connectivity index is 1.58. The van der Waals surface area contributed by atoms with Gasteiger partial charge in [0.05, 0.1) is 17.2 Å². The van der Waals surface area contributed by atoms with Gasteiger partial charge in [-0.05, 0) is 86.4 Å². The Hall–Kier alpha value is -2.09. The van der Waals surface area contributed by atoms with E-state index in [1.54, 1.807) is 19.1 Å². The maximum absolute atomic E-state index is 12.1. The molecule has 1 aliphatic heterocycles. The van der Waals surface area contributed by atoms with Crippen molar-refractivity contribution in [3.8, 4) is 5.75 Å². The number of carbonyl (C=O) groups excluding carboxylic acids is 1. The number of nitrogens with zero attached hydrogens (tertiary/aromatic N) is 1. The molecule has 0 amide bonds. The molecule has 176 valence electrons. The van der Waals surface area contributed by atoms with Gasteiger partial charge in [-0.2, -0.15) is 0 Å². The highest BCUT2D eigenvalue weighted by atomic mass is 35.5. The van der Waals surface area contributed by atoms with Gasteiger partial charge in [-0.3, -0.25) is 4.79 Å². The molecule has 8 heteroatoms. The highest BCUT2D eigenvalue weighted by Crippen LogP contribution is 2.46. The van der Waals surface area contributed by atoms with Crippen LogP contribution in [0.2, 0.25) is 5.02 Å². The van der Waals surface area contributed by atoms with E-state index in [4.69, 9.17) is 21.5 Å². The van der Waals surface area contributed by atoms with Crippen LogP contribution in [0.1, 0.15) is 43.7 Å². The summed E-state index contributed by atoms with van der Waals surface area (Å²) >= 11 is 6.30. The SMILES string of the molecule is CC(=O)[C@@H]1CC[C@H]1CN1C[C@@]2(CCCc3cc(Cl)ccc32)COc2ccc(S(N)(=O)=O)cc21. The van der Waals surface area contributed by atoms with E-state index in [1.807, 2.05) is 6.07 Å². The van der Waals surface area contributed by atoms with Crippen LogP contribution in [0.4, 0.5) is 5.69 Å². The number of ketones is 1. The Bertz CT molecular complexity index is 1210. The molecular formula is C25H29ClN2O4S. The molecule has 6 nitrogen and oxygen atoms in total. The van der Waals surface area contributed by atoms with Gasteiger partial charge in [-0.1, -0.05) is 17.7 Å². The first-order valence-electron chi connectivity index (χ1n) is 11.5. The smallest absolute Gasteiger partial charge is 0.238 e. The van der Waals surface area contributed by atoms with Gasteiger partial charge in [0.15, 0.2) is 0 Å². The molecule has 0 unspecified atom stereocenters. The highest BCUT2D eigenvalue weighted by molar-refractivity contribution is 7.89. The molecule has 1 fully saturated rings. The third-order valence-corrected chi connectivity index (χ3v) is 8.88. The van der Waals surface area contributed by atoms with Gasteiger partial charge < -0.3 is 9.64 Å². The van der Waals surface area contributed by atoms with Crippen LogP contribution in [0.25, 0.3) is 0 Å². The number of Topliss-reactive ketones (excluding diaryl/α,β-unsaturated/α-hetero) is 1. The number of sulfonamides is 1. The zero-order valence-corrected chi connectivity index (χ0v) is 20.3. The summed E-state index contributed by atoms with van der Waals surface area (Å²) in [6.07, 6.45) is 4.89. The number of halogens is 1. The number of hydrogen-bond donors (Lipinski definition) is 1. The van der Waals surface area contributed by atoms with Gasteiger partial charge in [0, 0.05) is 29.4 Å². The summed E-state index contributed by atoms with van der Waals surface area (Å²) in [5.41, 5.74) is 2.99. The monoisotopic (exact) mass is 488 g/mol. The average Bonchev–Trinajstić information content (AvgIpc) is 2.87. The second kappa shape index (κ2) is 8.29. The maximum Gasteiger partial charge on any atom is 0.238 e. The Morgan fingerprint density at radius 3 is 2.76 bits per heavy atom. The fourth-order valence-electron chi connectivity index (χ4n) is 5.88. The molecular weight excluding hydrogens is 460 g/mol. The number of anilines is 1. The molecule has 3 atom stereocenters. The van der Waals surface area contributed by atoms with E-state index in [2.05, 4.69) is 17.0 Å². The van der Waals surface area contributed by atoms with Gasteiger partial charge in [-0.25, -0.2) is 13.6 Å². The van der Waals surface area contributed by atoms with Gasteiger partial charge in [0.2, 0.25) is 10.0 Å².